The summed E-state index contributed by atoms with van der Waals surface area (Å²) in [6.07, 6.45) is 0. The summed E-state index contributed by atoms with van der Waals surface area (Å²) in [5.74, 6) is 0.731. The number of nitrogens with zero attached hydrogens (tertiary/aromatic N) is 3. The summed E-state index contributed by atoms with van der Waals surface area (Å²) >= 11 is 1.36. The van der Waals surface area contributed by atoms with Gasteiger partial charge < -0.3 is 10.1 Å². The van der Waals surface area contributed by atoms with Crippen LogP contribution in [-0.4, -0.2) is 33.4 Å². The maximum atomic E-state index is 12.7. The summed E-state index contributed by atoms with van der Waals surface area (Å²) in [7, 11) is 1.60. The molecule has 0 unspecified atom stereocenters. The largest absolute Gasteiger partial charge is 0.495 e. The molecule has 0 radical (unpaired) electrons. The van der Waals surface area contributed by atoms with E-state index in [4.69, 9.17) is 4.74 Å². The molecule has 6 nitrogen and oxygen atoms in total. The van der Waals surface area contributed by atoms with Crippen molar-refractivity contribution >= 4 is 39.9 Å². The minimum absolute atomic E-state index is 0.0277. The van der Waals surface area contributed by atoms with E-state index >= 15 is 0 Å². The van der Waals surface area contributed by atoms with Gasteiger partial charge in [0.1, 0.15) is 5.75 Å². The summed E-state index contributed by atoms with van der Waals surface area (Å²) in [6.45, 7) is 8.48. The number of aryl methyl sites for hydroxylation is 1. The first-order chi connectivity index (χ1) is 14.8. The number of amides is 1. The van der Waals surface area contributed by atoms with Crippen LogP contribution in [0, 0.1) is 6.92 Å². The van der Waals surface area contributed by atoms with Gasteiger partial charge in [-0.15, -0.1) is 10.2 Å². The van der Waals surface area contributed by atoms with Crippen molar-refractivity contribution < 1.29 is 9.53 Å². The number of hydrogen-bond acceptors (Lipinski definition) is 5. The predicted molar refractivity (Wildman–Crippen MR) is 126 cm³/mol. The monoisotopic (exact) mass is 434 g/mol. The number of rotatable bonds is 5. The summed E-state index contributed by atoms with van der Waals surface area (Å²) < 4.78 is 7.43. The van der Waals surface area contributed by atoms with Gasteiger partial charge in [0.2, 0.25) is 5.91 Å². The molecule has 0 aliphatic rings. The number of thioether (sulfide) groups is 1. The summed E-state index contributed by atoms with van der Waals surface area (Å²) in [4.78, 5) is 12.7. The van der Waals surface area contributed by atoms with Gasteiger partial charge in [-0.2, -0.15) is 0 Å². The zero-order valence-electron chi connectivity index (χ0n) is 18.4. The first-order valence-electron chi connectivity index (χ1n) is 10.1. The Morgan fingerprint density at radius 1 is 1.13 bits per heavy atom. The van der Waals surface area contributed by atoms with Crippen molar-refractivity contribution in [1.82, 2.24) is 14.6 Å². The van der Waals surface area contributed by atoms with E-state index in [0.717, 1.165) is 27.7 Å². The molecule has 0 atom stereocenters. The van der Waals surface area contributed by atoms with Crippen molar-refractivity contribution in [1.29, 1.82) is 0 Å². The molecule has 0 bridgehead atoms. The van der Waals surface area contributed by atoms with Gasteiger partial charge in [-0.25, -0.2) is 0 Å². The molecule has 2 heterocycles. The molecule has 0 aliphatic heterocycles. The lowest BCUT2D eigenvalue weighted by Gasteiger charge is -2.21. The Hall–Kier alpha value is -3.06. The van der Waals surface area contributed by atoms with Crippen molar-refractivity contribution in [3.8, 4) is 5.75 Å². The number of para-hydroxylation sites is 1. The van der Waals surface area contributed by atoms with Gasteiger partial charge in [0.25, 0.3) is 0 Å². The Labute approximate surface area is 186 Å². The number of aromatic nitrogens is 3. The average molecular weight is 435 g/mol. The zero-order valence-corrected chi connectivity index (χ0v) is 19.2. The standard InChI is InChI=1S/C24H26N4O2S/c1-15-12-21-26-27-23(28(21)19-9-7-6-8-17(15)19)31-14-22(29)25-18-13-16(24(2,3)4)10-11-20(18)30-5/h6-13H,14H2,1-5H3,(H,25,29). The van der Waals surface area contributed by atoms with Crippen LogP contribution in [0.25, 0.3) is 16.6 Å². The lowest BCUT2D eigenvalue weighted by atomic mass is 9.87. The van der Waals surface area contributed by atoms with E-state index in [0.29, 0.717) is 16.6 Å². The van der Waals surface area contributed by atoms with Crippen LogP contribution < -0.4 is 10.1 Å². The second-order valence-electron chi connectivity index (χ2n) is 8.52. The van der Waals surface area contributed by atoms with E-state index in [9.17, 15) is 4.79 Å². The fraction of sp³-hybridized carbons (Fsp3) is 0.292. The Morgan fingerprint density at radius 2 is 1.90 bits per heavy atom. The Kier molecular flexibility index (Phi) is 5.62. The van der Waals surface area contributed by atoms with Crippen molar-refractivity contribution in [2.24, 2.45) is 0 Å². The van der Waals surface area contributed by atoms with E-state index in [1.54, 1.807) is 7.11 Å². The van der Waals surface area contributed by atoms with Gasteiger partial charge >= 0.3 is 0 Å². The molecule has 0 saturated carbocycles. The number of anilines is 1. The van der Waals surface area contributed by atoms with Crippen molar-refractivity contribution in [2.45, 2.75) is 38.3 Å². The SMILES string of the molecule is COc1ccc(C(C)(C)C)cc1NC(=O)CSc1nnc2cc(C)c3ccccc3n12. The molecule has 1 amide bonds. The lowest BCUT2D eigenvalue weighted by molar-refractivity contribution is -0.113. The maximum Gasteiger partial charge on any atom is 0.234 e. The molecule has 0 spiro atoms. The van der Waals surface area contributed by atoms with Crippen LogP contribution in [0.3, 0.4) is 0 Å². The van der Waals surface area contributed by atoms with Gasteiger partial charge in [0, 0.05) is 5.39 Å². The van der Waals surface area contributed by atoms with Crippen molar-refractivity contribution in [2.75, 3.05) is 18.2 Å². The number of hydrogen-bond donors (Lipinski definition) is 1. The van der Waals surface area contributed by atoms with Crippen LogP contribution in [-0.2, 0) is 10.2 Å². The number of fused-ring (bicyclic) bond motifs is 3. The number of ether oxygens (including phenoxy) is 1. The highest BCUT2D eigenvalue weighted by Crippen LogP contribution is 2.32. The molecule has 31 heavy (non-hydrogen) atoms. The highest BCUT2D eigenvalue weighted by Gasteiger charge is 2.18. The molecule has 0 fully saturated rings. The predicted octanol–water partition coefficient (Wildman–Crippen LogP) is 5.23. The molecule has 2 aromatic heterocycles. The van der Waals surface area contributed by atoms with Crippen molar-refractivity contribution in [3.05, 3.63) is 59.7 Å². The quantitative estimate of drug-likeness (QED) is 0.436. The second kappa shape index (κ2) is 8.23. The molecule has 2 aromatic carbocycles. The van der Waals surface area contributed by atoms with Gasteiger partial charge in [-0.1, -0.05) is 56.8 Å². The lowest BCUT2D eigenvalue weighted by Crippen LogP contribution is -2.17. The summed E-state index contributed by atoms with van der Waals surface area (Å²) in [5.41, 5.74) is 4.73. The average Bonchev–Trinajstić information content (AvgIpc) is 3.14. The zero-order chi connectivity index (χ0) is 22.2. The molecule has 1 N–H and O–H groups in total. The molecule has 7 heteroatoms. The fourth-order valence-corrected chi connectivity index (χ4v) is 4.31. The van der Waals surface area contributed by atoms with Crippen LogP contribution in [0.5, 0.6) is 5.75 Å². The molecule has 4 rings (SSSR count). The third-order valence-electron chi connectivity index (χ3n) is 5.25. The van der Waals surface area contributed by atoms with Crippen LogP contribution in [0.15, 0.2) is 53.7 Å². The van der Waals surface area contributed by atoms with E-state index in [1.807, 2.05) is 46.9 Å². The number of carbonyl (C=O) groups is 1. The van der Waals surface area contributed by atoms with Crippen LogP contribution >= 0.6 is 11.8 Å². The second-order valence-corrected chi connectivity index (χ2v) is 9.47. The highest BCUT2D eigenvalue weighted by atomic mass is 32.2. The number of methoxy groups -OCH3 is 1. The Bertz CT molecular complexity index is 1270. The van der Waals surface area contributed by atoms with Crippen LogP contribution in [0.2, 0.25) is 0 Å². The number of carbonyl (C=O) groups excluding carboxylic acids is 1. The third-order valence-corrected chi connectivity index (χ3v) is 6.17. The first-order valence-corrected chi connectivity index (χ1v) is 11.1. The highest BCUT2D eigenvalue weighted by molar-refractivity contribution is 7.99. The number of pyridine rings is 1. The number of benzene rings is 2. The Balaban J connectivity index is 1.56. The topological polar surface area (TPSA) is 68.5 Å². The molecule has 0 saturated heterocycles. The van der Waals surface area contributed by atoms with Gasteiger partial charge in [0.05, 0.1) is 24.1 Å². The molecular formula is C24H26N4O2S. The minimum Gasteiger partial charge on any atom is -0.495 e. The van der Waals surface area contributed by atoms with E-state index in [2.05, 4.69) is 49.3 Å². The van der Waals surface area contributed by atoms with Crippen LogP contribution in [0.4, 0.5) is 5.69 Å². The maximum absolute atomic E-state index is 12.7. The molecular weight excluding hydrogens is 408 g/mol. The normalized spacial score (nSPS) is 11.8. The van der Waals surface area contributed by atoms with E-state index in [1.165, 1.54) is 11.8 Å². The van der Waals surface area contributed by atoms with Crippen molar-refractivity contribution in [3.63, 3.8) is 0 Å². The Morgan fingerprint density at radius 3 is 2.65 bits per heavy atom. The molecule has 0 aliphatic carbocycles. The van der Waals surface area contributed by atoms with E-state index in [-0.39, 0.29) is 17.1 Å². The number of nitrogens with one attached hydrogen (secondary N) is 1. The smallest absolute Gasteiger partial charge is 0.234 e. The van der Waals surface area contributed by atoms with Crippen LogP contribution in [0.1, 0.15) is 31.9 Å². The molecule has 4 aromatic rings. The third kappa shape index (κ3) is 4.23. The fourth-order valence-electron chi connectivity index (χ4n) is 3.56. The summed E-state index contributed by atoms with van der Waals surface area (Å²) in [6, 6.07) is 16.1. The minimum atomic E-state index is -0.123. The van der Waals surface area contributed by atoms with Gasteiger partial charge in [-0.05, 0) is 47.7 Å². The van der Waals surface area contributed by atoms with Gasteiger partial charge in [-0.3, -0.25) is 9.20 Å². The van der Waals surface area contributed by atoms with Gasteiger partial charge in [0.15, 0.2) is 10.8 Å². The first kappa shape index (κ1) is 21.2. The molecule has 160 valence electrons. The van der Waals surface area contributed by atoms with E-state index < -0.39 is 0 Å². The summed E-state index contributed by atoms with van der Waals surface area (Å²) in [5, 5.41) is 13.4.